The van der Waals surface area contributed by atoms with Crippen molar-refractivity contribution >= 4 is 69.7 Å². The molecule has 2 unspecified atom stereocenters. The van der Waals surface area contributed by atoms with Crippen molar-refractivity contribution in [2.24, 2.45) is 11.8 Å². The molecule has 41 heavy (non-hydrogen) atoms. The Hall–Kier alpha value is -4.75. The number of benzene rings is 2. The van der Waals surface area contributed by atoms with Gasteiger partial charge in [-0.3, -0.25) is 34.0 Å². The molecule has 2 atom stereocenters. The van der Waals surface area contributed by atoms with Crippen LogP contribution in [0.4, 0.5) is 11.4 Å². The summed E-state index contributed by atoms with van der Waals surface area (Å²) in [4.78, 5) is 61.5. The molecule has 2 aliphatic heterocycles. The second kappa shape index (κ2) is 11.4. The molecular formula is C28H23N5O6S2. The summed E-state index contributed by atoms with van der Waals surface area (Å²) in [5, 5.41) is 4.89. The number of pyridine rings is 1. The quantitative estimate of drug-likeness (QED) is 0.315. The highest BCUT2D eigenvalue weighted by molar-refractivity contribution is 7.80. The van der Waals surface area contributed by atoms with Crippen molar-refractivity contribution in [1.82, 2.24) is 15.6 Å². The molecule has 2 saturated heterocycles. The Morgan fingerprint density at radius 1 is 0.683 bits per heavy atom. The molecule has 5 rings (SSSR count). The topological polar surface area (TPSA) is 130 Å². The minimum Gasteiger partial charge on any atom is -0.497 e. The van der Waals surface area contributed by atoms with Gasteiger partial charge in [0, 0.05) is 18.3 Å². The molecular weight excluding hydrogens is 566 g/mol. The molecule has 2 N–H and O–H groups in total. The second-order valence-corrected chi connectivity index (χ2v) is 9.87. The second-order valence-electron chi connectivity index (χ2n) is 9.09. The number of carbonyl (C=O) groups excluding carboxylic acids is 4. The van der Waals surface area contributed by atoms with Crippen LogP contribution in [0.1, 0.15) is 11.5 Å². The van der Waals surface area contributed by atoms with E-state index in [0.717, 1.165) is 0 Å². The Morgan fingerprint density at radius 2 is 1.07 bits per heavy atom. The smallest absolute Gasteiger partial charge is 0.246 e. The monoisotopic (exact) mass is 589 g/mol. The number of amides is 4. The van der Waals surface area contributed by atoms with Crippen molar-refractivity contribution in [3.63, 3.8) is 0 Å². The average molecular weight is 590 g/mol. The van der Waals surface area contributed by atoms with Crippen molar-refractivity contribution in [3.05, 3.63) is 78.6 Å². The number of thiocarbonyl (C=S) groups is 2. The van der Waals surface area contributed by atoms with E-state index in [4.69, 9.17) is 33.9 Å². The number of anilines is 2. The molecule has 0 saturated carbocycles. The molecule has 3 aromatic rings. The minimum atomic E-state index is -1.50. The summed E-state index contributed by atoms with van der Waals surface area (Å²) in [7, 11) is 3.02. The maximum atomic E-state index is 14.1. The Bertz CT molecular complexity index is 1450. The third-order valence-corrected chi connectivity index (χ3v) is 7.44. The van der Waals surface area contributed by atoms with Gasteiger partial charge in [0.1, 0.15) is 23.3 Å². The Kier molecular flexibility index (Phi) is 7.72. The molecule has 2 aromatic carbocycles. The van der Waals surface area contributed by atoms with Gasteiger partial charge in [-0.15, -0.1) is 0 Å². The highest BCUT2D eigenvalue weighted by Crippen LogP contribution is 2.39. The number of carbonyl (C=O) groups is 4. The number of rotatable bonds is 7. The Labute approximate surface area is 245 Å². The Morgan fingerprint density at radius 3 is 1.44 bits per heavy atom. The van der Waals surface area contributed by atoms with Gasteiger partial charge in [-0.05, 0) is 90.7 Å². The van der Waals surface area contributed by atoms with Crippen molar-refractivity contribution in [1.29, 1.82) is 0 Å². The van der Waals surface area contributed by atoms with Gasteiger partial charge in [0.05, 0.1) is 25.6 Å². The van der Waals surface area contributed by atoms with E-state index in [0.29, 0.717) is 28.4 Å². The zero-order valence-electron chi connectivity index (χ0n) is 21.8. The van der Waals surface area contributed by atoms with E-state index in [9.17, 15) is 19.2 Å². The van der Waals surface area contributed by atoms with E-state index in [2.05, 4.69) is 15.6 Å². The first-order valence-corrected chi connectivity index (χ1v) is 13.1. The van der Waals surface area contributed by atoms with Crippen LogP contribution in [-0.2, 0) is 19.2 Å². The molecule has 208 valence electrons. The van der Waals surface area contributed by atoms with E-state index in [1.165, 1.54) is 36.4 Å². The molecule has 1 aromatic heterocycles. The van der Waals surface area contributed by atoms with Crippen LogP contribution in [0.15, 0.2) is 73.1 Å². The van der Waals surface area contributed by atoms with E-state index >= 15 is 0 Å². The maximum absolute atomic E-state index is 14.1. The number of ether oxygens (including phenoxy) is 2. The number of nitrogens with one attached hydrogen (secondary N) is 2. The predicted molar refractivity (Wildman–Crippen MR) is 156 cm³/mol. The summed E-state index contributed by atoms with van der Waals surface area (Å²) in [6, 6.07) is 16.1. The van der Waals surface area contributed by atoms with E-state index < -0.39 is 41.4 Å². The maximum Gasteiger partial charge on any atom is 0.246 e. The SMILES string of the molecule is COc1ccc(N2C(=O)C(C(c3ccncc3)C3C(=O)NC(=S)N(c4ccc(OC)cc4)C3=O)C(=O)NC2=S)cc1. The Balaban J connectivity index is 1.59. The summed E-state index contributed by atoms with van der Waals surface area (Å²) in [6.45, 7) is 0. The zero-order valence-corrected chi connectivity index (χ0v) is 23.4. The average Bonchev–Trinajstić information content (AvgIpc) is 2.97. The minimum absolute atomic E-state index is 0.129. The predicted octanol–water partition coefficient (Wildman–Crippen LogP) is 2.31. The van der Waals surface area contributed by atoms with Gasteiger partial charge in [0.15, 0.2) is 10.2 Å². The molecule has 2 fully saturated rings. The number of hydrogen-bond acceptors (Lipinski definition) is 9. The largest absolute Gasteiger partial charge is 0.497 e. The molecule has 13 heteroatoms. The molecule has 3 heterocycles. The third kappa shape index (κ3) is 5.12. The van der Waals surface area contributed by atoms with Crippen LogP contribution in [0.25, 0.3) is 0 Å². The van der Waals surface area contributed by atoms with E-state index in [1.54, 1.807) is 60.7 Å². The lowest BCUT2D eigenvalue weighted by Gasteiger charge is -2.41. The first-order valence-electron chi connectivity index (χ1n) is 12.3. The van der Waals surface area contributed by atoms with Gasteiger partial charge in [-0.2, -0.15) is 0 Å². The number of nitrogens with zero attached hydrogens (tertiary/aromatic N) is 3. The molecule has 0 radical (unpaired) electrons. The fourth-order valence-electron chi connectivity index (χ4n) is 4.93. The van der Waals surface area contributed by atoms with Crippen LogP contribution < -0.4 is 29.9 Å². The first-order chi connectivity index (χ1) is 19.7. The van der Waals surface area contributed by atoms with Gasteiger partial charge in [0.25, 0.3) is 0 Å². The van der Waals surface area contributed by atoms with Crippen molar-refractivity contribution in [3.8, 4) is 11.5 Å². The van der Waals surface area contributed by atoms with Crippen LogP contribution in [0.3, 0.4) is 0 Å². The highest BCUT2D eigenvalue weighted by atomic mass is 32.1. The summed E-state index contributed by atoms with van der Waals surface area (Å²) in [5.74, 6) is -6.01. The molecule has 2 aliphatic rings. The summed E-state index contributed by atoms with van der Waals surface area (Å²) in [6.07, 6.45) is 2.91. The van der Waals surface area contributed by atoms with Gasteiger partial charge >= 0.3 is 0 Å². The zero-order chi connectivity index (χ0) is 29.3. The van der Waals surface area contributed by atoms with Gasteiger partial charge < -0.3 is 20.1 Å². The lowest BCUT2D eigenvalue weighted by atomic mass is 9.73. The lowest BCUT2D eigenvalue weighted by Crippen LogP contribution is -2.64. The third-order valence-electron chi connectivity index (χ3n) is 6.87. The fraction of sp³-hybridized carbons (Fsp3) is 0.179. The standard InChI is InChI=1S/C28H23N5O6S2/c1-38-18-7-3-16(4-8-18)32-25(36)21(23(34)30-27(32)40)20(15-11-13-29-14-12-15)22-24(35)31-28(41)33(26(22)37)17-5-9-19(39-2)10-6-17/h3-14,20-22H,1-2H3,(H,30,34,40)(H,31,35,41). The van der Waals surface area contributed by atoms with Gasteiger partial charge in [-0.25, -0.2) is 0 Å². The molecule has 4 amide bonds. The highest BCUT2D eigenvalue weighted by Gasteiger charge is 2.53. The van der Waals surface area contributed by atoms with Crippen molar-refractivity contribution < 1.29 is 28.7 Å². The first kappa shape index (κ1) is 27.8. The summed E-state index contributed by atoms with van der Waals surface area (Å²) < 4.78 is 10.4. The molecule has 11 nitrogen and oxygen atoms in total. The summed E-state index contributed by atoms with van der Waals surface area (Å²) in [5.41, 5.74) is 1.13. The van der Waals surface area contributed by atoms with Crippen LogP contribution >= 0.6 is 24.4 Å². The number of methoxy groups -OCH3 is 2. The van der Waals surface area contributed by atoms with Crippen LogP contribution in [-0.4, -0.2) is 53.1 Å². The normalized spacial score (nSPS) is 20.0. The van der Waals surface area contributed by atoms with Crippen LogP contribution in [0, 0.1) is 11.8 Å². The van der Waals surface area contributed by atoms with Crippen LogP contribution in [0.2, 0.25) is 0 Å². The fourth-order valence-corrected chi connectivity index (χ4v) is 5.52. The van der Waals surface area contributed by atoms with E-state index in [-0.39, 0.29) is 10.2 Å². The van der Waals surface area contributed by atoms with Crippen molar-refractivity contribution in [2.45, 2.75) is 5.92 Å². The molecule has 0 aliphatic carbocycles. The van der Waals surface area contributed by atoms with Crippen molar-refractivity contribution in [2.75, 3.05) is 24.0 Å². The molecule has 0 spiro atoms. The summed E-state index contributed by atoms with van der Waals surface area (Å²) >= 11 is 10.7. The van der Waals surface area contributed by atoms with E-state index in [1.807, 2.05) is 0 Å². The molecule has 0 bridgehead atoms. The lowest BCUT2D eigenvalue weighted by molar-refractivity contribution is -0.139. The number of aromatic nitrogens is 1. The van der Waals surface area contributed by atoms with Crippen LogP contribution in [0.5, 0.6) is 11.5 Å². The van der Waals surface area contributed by atoms with Gasteiger partial charge in [-0.1, -0.05) is 0 Å². The number of hydrogen-bond donors (Lipinski definition) is 2. The van der Waals surface area contributed by atoms with Gasteiger partial charge in [0.2, 0.25) is 23.6 Å².